The van der Waals surface area contributed by atoms with Gasteiger partial charge in [0.05, 0.1) is 12.5 Å². The smallest absolute Gasteiger partial charge is 0.309 e. The molecule has 4 aromatic rings. The molecule has 0 bridgehead atoms. The second-order valence-electron chi connectivity index (χ2n) is 11.1. The molecule has 0 saturated heterocycles. The maximum atomic E-state index is 13.7. The summed E-state index contributed by atoms with van der Waals surface area (Å²) in [6.07, 6.45) is 4.92. The number of methoxy groups -OCH3 is 1. The number of aliphatic hydroxyl groups excluding tert-OH is 1. The Kier molecular flexibility index (Phi) is 7.24. The average molecular weight is 548 g/mol. The number of aliphatic carboxylic acids is 1. The summed E-state index contributed by atoms with van der Waals surface area (Å²) in [6.45, 7) is 4.29. The first-order valence-electron chi connectivity index (χ1n) is 13.3. The van der Waals surface area contributed by atoms with Crippen LogP contribution in [0.15, 0.2) is 54.9 Å². The van der Waals surface area contributed by atoms with Crippen LogP contribution in [0.25, 0.3) is 16.8 Å². The van der Waals surface area contributed by atoms with Gasteiger partial charge in [0.2, 0.25) is 0 Å². The number of nitrogens with zero attached hydrogens (tertiary/aromatic N) is 3. The lowest BCUT2D eigenvalue weighted by Gasteiger charge is -2.40. The maximum Gasteiger partial charge on any atom is 0.309 e. The van der Waals surface area contributed by atoms with Crippen molar-refractivity contribution in [1.82, 2.24) is 19.7 Å². The molecule has 2 aromatic heterocycles. The van der Waals surface area contributed by atoms with E-state index in [2.05, 4.69) is 17.2 Å². The Hall–Kier alpha value is -4.02. The molecule has 1 atom stereocenters. The molecule has 1 saturated carbocycles. The van der Waals surface area contributed by atoms with Crippen LogP contribution in [0, 0.1) is 11.2 Å². The second-order valence-corrected chi connectivity index (χ2v) is 11.1. The van der Waals surface area contributed by atoms with Crippen molar-refractivity contribution in [1.29, 1.82) is 0 Å². The van der Waals surface area contributed by atoms with Gasteiger partial charge in [-0.05, 0) is 56.4 Å². The molecule has 1 aliphatic carbocycles. The van der Waals surface area contributed by atoms with E-state index in [4.69, 9.17) is 15.5 Å². The molecule has 1 fully saturated rings. The molecule has 9 nitrogen and oxygen atoms in total. The van der Waals surface area contributed by atoms with Gasteiger partial charge in [0.1, 0.15) is 40.6 Å². The van der Waals surface area contributed by atoms with Crippen LogP contribution in [0.5, 0.6) is 5.75 Å². The Labute approximate surface area is 231 Å². The molecule has 210 valence electrons. The second kappa shape index (κ2) is 10.5. The van der Waals surface area contributed by atoms with Crippen molar-refractivity contribution in [3.8, 4) is 17.0 Å². The van der Waals surface area contributed by atoms with Gasteiger partial charge in [0.25, 0.3) is 0 Å². The standard InChI is InChI=1S/C30H34FN5O4/c1-29(10-12-30(2,13-11-29)28(38)39)27-35-23(24-25(32)33-14-15-36(24)27)19-6-4-18(5-7-19)17-34-26(37)21-16-20(31)8-9-22(21)40-3/h4-9,14-16,26,34,37H,10-13,17H2,1-3H3,(H2,32,33)(H,38,39). The van der Waals surface area contributed by atoms with Crippen LogP contribution in [0.2, 0.25) is 0 Å². The molecule has 2 aromatic carbocycles. The zero-order chi connectivity index (χ0) is 28.7. The summed E-state index contributed by atoms with van der Waals surface area (Å²) in [4.78, 5) is 21.2. The lowest BCUT2D eigenvalue weighted by Crippen LogP contribution is -2.39. The van der Waals surface area contributed by atoms with Gasteiger partial charge in [-0.15, -0.1) is 0 Å². The van der Waals surface area contributed by atoms with Crippen LogP contribution in [-0.4, -0.2) is 37.7 Å². The fraction of sp³-hybridized carbons (Fsp3) is 0.367. The summed E-state index contributed by atoms with van der Waals surface area (Å²) < 4.78 is 20.9. The Balaban J connectivity index is 1.40. The third-order valence-corrected chi connectivity index (χ3v) is 8.31. The van der Waals surface area contributed by atoms with Gasteiger partial charge in [-0.3, -0.25) is 14.5 Å². The third-order valence-electron chi connectivity index (χ3n) is 8.31. The number of hydrogen-bond acceptors (Lipinski definition) is 7. The van der Waals surface area contributed by atoms with E-state index in [0.29, 0.717) is 60.6 Å². The monoisotopic (exact) mass is 547 g/mol. The van der Waals surface area contributed by atoms with Crippen LogP contribution >= 0.6 is 0 Å². The number of ether oxygens (including phenoxy) is 1. The molecule has 0 spiro atoms. The molecule has 0 amide bonds. The largest absolute Gasteiger partial charge is 0.496 e. The summed E-state index contributed by atoms with van der Waals surface area (Å²) in [5.74, 6) is 0.388. The number of hydrogen-bond donors (Lipinski definition) is 4. The Morgan fingerprint density at radius 1 is 1.18 bits per heavy atom. The number of carbonyl (C=O) groups is 1. The molecular formula is C30H34FN5O4. The number of halogens is 1. The fourth-order valence-corrected chi connectivity index (χ4v) is 5.51. The topological polar surface area (TPSA) is 135 Å². The van der Waals surface area contributed by atoms with Crippen molar-refractivity contribution in [2.75, 3.05) is 12.8 Å². The van der Waals surface area contributed by atoms with Crippen LogP contribution in [0.4, 0.5) is 10.2 Å². The lowest BCUT2D eigenvalue weighted by atomic mass is 9.65. The first kappa shape index (κ1) is 27.5. The summed E-state index contributed by atoms with van der Waals surface area (Å²) in [7, 11) is 1.47. The van der Waals surface area contributed by atoms with Gasteiger partial charge in [0, 0.05) is 35.5 Å². The number of anilines is 1. The number of aromatic nitrogens is 3. The van der Waals surface area contributed by atoms with Gasteiger partial charge in [0.15, 0.2) is 0 Å². The third kappa shape index (κ3) is 5.00. The van der Waals surface area contributed by atoms with Gasteiger partial charge in [-0.2, -0.15) is 0 Å². The quantitative estimate of drug-likeness (QED) is 0.231. The molecule has 5 N–H and O–H groups in total. The number of carboxylic acid groups (broad SMARTS) is 1. The summed E-state index contributed by atoms with van der Waals surface area (Å²) >= 11 is 0. The average Bonchev–Trinajstić information content (AvgIpc) is 3.35. The van der Waals surface area contributed by atoms with E-state index in [1.165, 1.54) is 25.3 Å². The van der Waals surface area contributed by atoms with E-state index >= 15 is 0 Å². The fourth-order valence-electron chi connectivity index (χ4n) is 5.51. The summed E-state index contributed by atoms with van der Waals surface area (Å²) in [5.41, 5.74) is 8.79. The maximum absolute atomic E-state index is 13.7. The minimum atomic E-state index is -1.12. The van der Waals surface area contributed by atoms with Crippen LogP contribution in [-0.2, 0) is 16.8 Å². The van der Waals surface area contributed by atoms with Gasteiger partial charge < -0.3 is 20.7 Å². The Morgan fingerprint density at radius 2 is 1.88 bits per heavy atom. The highest BCUT2D eigenvalue weighted by atomic mass is 19.1. The van der Waals surface area contributed by atoms with Crippen LogP contribution in [0.3, 0.4) is 0 Å². The summed E-state index contributed by atoms with van der Waals surface area (Å²) in [5, 5.41) is 23.3. The van der Waals surface area contributed by atoms with E-state index in [1.807, 2.05) is 41.8 Å². The number of nitrogen functional groups attached to an aromatic ring is 1. The van der Waals surface area contributed by atoms with E-state index in [9.17, 15) is 19.4 Å². The number of carboxylic acids is 1. The number of fused-ring (bicyclic) bond motifs is 1. The van der Waals surface area contributed by atoms with Crippen molar-refractivity contribution >= 4 is 17.3 Å². The molecule has 1 unspecified atom stereocenters. The number of imidazole rings is 1. The first-order valence-corrected chi connectivity index (χ1v) is 13.3. The Bertz CT molecular complexity index is 1540. The highest BCUT2D eigenvalue weighted by Crippen LogP contribution is 2.47. The van der Waals surface area contributed by atoms with Crippen LogP contribution in [0.1, 0.15) is 62.7 Å². The number of nitrogens with two attached hydrogens (primary N) is 1. The molecule has 10 heteroatoms. The van der Waals surface area contributed by atoms with Crippen LogP contribution < -0.4 is 15.8 Å². The highest BCUT2D eigenvalue weighted by molar-refractivity contribution is 5.85. The lowest BCUT2D eigenvalue weighted by molar-refractivity contribution is -0.150. The molecular weight excluding hydrogens is 513 g/mol. The minimum absolute atomic E-state index is 0.318. The van der Waals surface area contributed by atoms with Gasteiger partial charge in [-0.25, -0.2) is 14.4 Å². The molecule has 40 heavy (non-hydrogen) atoms. The predicted molar refractivity (Wildman–Crippen MR) is 149 cm³/mol. The molecule has 2 heterocycles. The predicted octanol–water partition coefficient (Wildman–Crippen LogP) is 4.83. The van der Waals surface area contributed by atoms with Gasteiger partial charge >= 0.3 is 5.97 Å². The van der Waals surface area contributed by atoms with Crippen molar-refractivity contribution in [3.63, 3.8) is 0 Å². The Morgan fingerprint density at radius 3 is 2.52 bits per heavy atom. The number of aliphatic hydroxyl groups is 1. The number of nitrogens with one attached hydrogen (secondary N) is 1. The molecule has 0 aliphatic heterocycles. The number of benzene rings is 2. The number of rotatable bonds is 8. The molecule has 0 radical (unpaired) electrons. The zero-order valence-electron chi connectivity index (χ0n) is 22.8. The van der Waals surface area contributed by atoms with Crippen molar-refractivity contribution in [3.05, 3.63) is 77.6 Å². The van der Waals surface area contributed by atoms with Crippen molar-refractivity contribution < 1.29 is 24.1 Å². The zero-order valence-corrected chi connectivity index (χ0v) is 22.8. The van der Waals surface area contributed by atoms with Crippen molar-refractivity contribution in [2.45, 2.75) is 57.7 Å². The molecule has 1 aliphatic rings. The highest BCUT2D eigenvalue weighted by Gasteiger charge is 2.45. The van der Waals surface area contributed by atoms with E-state index in [-0.39, 0.29) is 5.41 Å². The minimum Gasteiger partial charge on any atom is -0.496 e. The first-order chi connectivity index (χ1) is 19.0. The van der Waals surface area contributed by atoms with Crippen molar-refractivity contribution in [2.24, 2.45) is 5.41 Å². The van der Waals surface area contributed by atoms with Gasteiger partial charge in [-0.1, -0.05) is 31.2 Å². The van der Waals surface area contributed by atoms with E-state index < -0.39 is 23.4 Å². The van der Waals surface area contributed by atoms with E-state index in [0.717, 1.165) is 17.0 Å². The van der Waals surface area contributed by atoms with E-state index in [1.54, 1.807) is 6.20 Å². The summed E-state index contributed by atoms with van der Waals surface area (Å²) in [6, 6.07) is 11.7. The molecule has 5 rings (SSSR count). The normalized spacial score (nSPS) is 21.8. The SMILES string of the molecule is COc1ccc(F)cc1C(O)NCc1ccc(-c2nc(C3(C)CCC(C)(C(=O)O)CC3)n3ccnc(N)c23)cc1.